The number of carbonyl (C=O) groups excluding carboxylic acids is 1. The number of sulfonamides is 1. The Kier molecular flexibility index (Phi) is 6.95. The molecule has 0 fully saturated rings. The van der Waals surface area contributed by atoms with Crippen LogP contribution in [0.5, 0.6) is 0 Å². The number of anilines is 1. The van der Waals surface area contributed by atoms with Crippen molar-refractivity contribution >= 4 is 27.6 Å². The third-order valence-electron chi connectivity index (χ3n) is 3.98. The zero-order chi connectivity index (χ0) is 19.9. The summed E-state index contributed by atoms with van der Waals surface area (Å²) in [5.74, 6) is -1.27. The highest BCUT2D eigenvalue weighted by atomic mass is 32.2. The molecule has 27 heavy (non-hydrogen) atoms. The van der Waals surface area contributed by atoms with E-state index in [-0.39, 0.29) is 16.9 Å². The Hall–Kier alpha value is -2.87. The van der Waals surface area contributed by atoms with E-state index in [1.54, 1.807) is 30.3 Å². The highest BCUT2D eigenvalue weighted by Crippen LogP contribution is 2.22. The van der Waals surface area contributed by atoms with Crippen molar-refractivity contribution in [2.75, 3.05) is 17.9 Å². The Morgan fingerprint density at radius 2 is 1.74 bits per heavy atom. The summed E-state index contributed by atoms with van der Waals surface area (Å²) in [6.45, 7) is 0.326. The number of amides is 1. The van der Waals surface area contributed by atoms with E-state index in [1.165, 1.54) is 31.3 Å². The van der Waals surface area contributed by atoms with E-state index in [9.17, 15) is 18.0 Å². The molecule has 0 atom stereocenters. The fraction of sp³-hybridized carbons (Fsp3) is 0.263. The number of para-hydroxylation sites is 1. The Morgan fingerprint density at radius 1 is 1.04 bits per heavy atom. The van der Waals surface area contributed by atoms with Crippen molar-refractivity contribution < 1.29 is 23.1 Å². The number of carboxylic acid groups (broad SMARTS) is 1. The van der Waals surface area contributed by atoms with E-state index >= 15 is 0 Å². The van der Waals surface area contributed by atoms with Crippen molar-refractivity contribution in [3.8, 4) is 0 Å². The number of hydrogen-bond donors (Lipinski definition) is 2. The van der Waals surface area contributed by atoms with Crippen LogP contribution in [0.3, 0.4) is 0 Å². The maximum absolute atomic E-state index is 12.8. The first-order valence-electron chi connectivity index (χ1n) is 8.46. The summed E-state index contributed by atoms with van der Waals surface area (Å²) in [5.41, 5.74) is 0.751. The van der Waals surface area contributed by atoms with Gasteiger partial charge in [-0.05, 0) is 43.2 Å². The van der Waals surface area contributed by atoms with Crippen molar-refractivity contribution in [2.24, 2.45) is 0 Å². The lowest BCUT2D eigenvalue weighted by atomic mass is 10.2. The molecule has 0 aliphatic rings. The second-order valence-electron chi connectivity index (χ2n) is 5.94. The topological polar surface area (TPSA) is 104 Å². The zero-order valence-electron chi connectivity index (χ0n) is 15.0. The molecule has 0 radical (unpaired) electrons. The minimum Gasteiger partial charge on any atom is -0.481 e. The maximum Gasteiger partial charge on any atom is 0.303 e. The zero-order valence-corrected chi connectivity index (χ0v) is 15.8. The van der Waals surface area contributed by atoms with E-state index in [0.717, 1.165) is 4.31 Å². The summed E-state index contributed by atoms with van der Waals surface area (Å²) in [4.78, 5) is 22.7. The van der Waals surface area contributed by atoms with Gasteiger partial charge in [-0.2, -0.15) is 0 Å². The van der Waals surface area contributed by atoms with E-state index in [4.69, 9.17) is 5.11 Å². The largest absolute Gasteiger partial charge is 0.481 e. The number of nitrogens with zero attached hydrogens (tertiary/aromatic N) is 1. The Balaban J connectivity index is 2.07. The van der Waals surface area contributed by atoms with Crippen molar-refractivity contribution in [3.63, 3.8) is 0 Å². The molecule has 0 spiro atoms. The number of benzene rings is 2. The summed E-state index contributed by atoms with van der Waals surface area (Å²) >= 11 is 0. The summed E-state index contributed by atoms with van der Waals surface area (Å²) in [7, 11) is -2.34. The Morgan fingerprint density at radius 3 is 2.41 bits per heavy atom. The number of unbranched alkanes of at least 4 members (excludes halogenated alkanes) is 1. The number of rotatable bonds is 9. The molecule has 0 saturated heterocycles. The average Bonchev–Trinajstić information content (AvgIpc) is 2.67. The van der Waals surface area contributed by atoms with Gasteiger partial charge in [0.15, 0.2) is 0 Å². The molecule has 7 nitrogen and oxygen atoms in total. The van der Waals surface area contributed by atoms with Gasteiger partial charge in [0.05, 0.1) is 10.6 Å². The lowest BCUT2D eigenvalue weighted by molar-refractivity contribution is -0.137. The average molecular weight is 390 g/mol. The molecule has 0 unspecified atom stereocenters. The summed E-state index contributed by atoms with van der Waals surface area (Å²) in [6.07, 6.45) is 1.05. The maximum atomic E-state index is 12.8. The molecule has 0 aliphatic carbocycles. The molecular weight excluding hydrogens is 368 g/mol. The summed E-state index contributed by atoms with van der Waals surface area (Å²) in [5, 5.41) is 11.3. The van der Waals surface area contributed by atoms with Gasteiger partial charge < -0.3 is 10.4 Å². The fourth-order valence-electron chi connectivity index (χ4n) is 2.44. The summed E-state index contributed by atoms with van der Waals surface area (Å²) < 4.78 is 26.8. The molecule has 2 aromatic carbocycles. The molecule has 0 aliphatic heterocycles. The molecule has 0 bridgehead atoms. The lowest BCUT2D eigenvalue weighted by Gasteiger charge is -2.19. The van der Waals surface area contributed by atoms with Gasteiger partial charge in [-0.3, -0.25) is 13.9 Å². The first kappa shape index (κ1) is 20.4. The van der Waals surface area contributed by atoms with E-state index in [2.05, 4.69) is 5.32 Å². The standard InChI is InChI=1S/C19H22N2O5S/c1-21(16-9-3-2-4-10-16)27(25,26)17-11-7-8-15(14-17)19(24)20-13-6-5-12-18(22)23/h2-4,7-11,14H,5-6,12-13H2,1H3,(H,20,24)(H,22,23). The van der Waals surface area contributed by atoms with Gasteiger partial charge >= 0.3 is 5.97 Å². The highest BCUT2D eigenvalue weighted by Gasteiger charge is 2.22. The number of hydrogen-bond acceptors (Lipinski definition) is 4. The van der Waals surface area contributed by atoms with Crippen molar-refractivity contribution in [3.05, 3.63) is 60.2 Å². The number of aliphatic carboxylic acids is 1. The van der Waals surface area contributed by atoms with Gasteiger partial charge in [-0.15, -0.1) is 0 Å². The Labute approximate surface area is 158 Å². The third-order valence-corrected chi connectivity index (χ3v) is 5.76. The van der Waals surface area contributed by atoms with Crippen LogP contribution in [-0.4, -0.2) is 39.0 Å². The van der Waals surface area contributed by atoms with E-state index < -0.39 is 21.9 Å². The van der Waals surface area contributed by atoms with Crippen LogP contribution in [0.25, 0.3) is 0 Å². The van der Waals surface area contributed by atoms with Crippen molar-refractivity contribution in [2.45, 2.75) is 24.2 Å². The molecule has 0 heterocycles. The van der Waals surface area contributed by atoms with Crippen LogP contribution in [0.1, 0.15) is 29.6 Å². The van der Waals surface area contributed by atoms with Crippen LogP contribution < -0.4 is 9.62 Å². The van der Waals surface area contributed by atoms with Crippen LogP contribution in [0, 0.1) is 0 Å². The third kappa shape index (κ3) is 5.55. The monoisotopic (exact) mass is 390 g/mol. The minimum absolute atomic E-state index is 0.0207. The second-order valence-corrected chi connectivity index (χ2v) is 7.91. The van der Waals surface area contributed by atoms with Crippen molar-refractivity contribution in [1.29, 1.82) is 0 Å². The molecular formula is C19H22N2O5S. The molecule has 0 aromatic heterocycles. The molecule has 144 valence electrons. The van der Waals surface area contributed by atoms with Gasteiger partial charge in [0.2, 0.25) is 0 Å². The van der Waals surface area contributed by atoms with E-state index in [0.29, 0.717) is 25.1 Å². The molecule has 1 amide bonds. The van der Waals surface area contributed by atoms with Gasteiger partial charge in [-0.25, -0.2) is 8.42 Å². The quantitative estimate of drug-likeness (QED) is 0.640. The first-order valence-corrected chi connectivity index (χ1v) is 9.90. The first-order chi connectivity index (χ1) is 12.8. The van der Waals surface area contributed by atoms with Crippen LogP contribution in [0.15, 0.2) is 59.5 Å². The van der Waals surface area contributed by atoms with Gasteiger partial charge in [0, 0.05) is 25.6 Å². The van der Waals surface area contributed by atoms with Crippen LogP contribution in [0.2, 0.25) is 0 Å². The molecule has 8 heteroatoms. The Bertz CT molecular complexity index is 897. The molecule has 2 N–H and O–H groups in total. The van der Waals surface area contributed by atoms with Crippen molar-refractivity contribution in [1.82, 2.24) is 5.32 Å². The van der Waals surface area contributed by atoms with Crippen LogP contribution in [0.4, 0.5) is 5.69 Å². The number of carbonyl (C=O) groups is 2. The normalized spacial score (nSPS) is 11.0. The second kappa shape index (κ2) is 9.18. The lowest BCUT2D eigenvalue weighted by Crippen LogP contribution is -2.28. The molecule has 2 rings (SSSR count). The highest BCUT2D eigenvalue weighted by molar-refractivity contribution is 7.92. The minimum atomic E-state index is -3.80. The van der Waals surface area contributed by atoms with Crippen LogP contribution >= 0.6 is 0 Å². The van der Waals surface area contributed by atoms with Crippen LogP contribution in [-0.2, 0) is 14.8 Å². The fourth-order valence-corrected chi connectivity index (χ4v) is 3.68. The van der Waals surface area contributed by atoms with E-state index in [1.807, 2.05) is 0 Å². The summed E-state index contributed by atoms with van der Waals surface area (Å²) in [6, 6.07) is 14.5. The van der Waals surface area contributed by atoms with Gasteiger partial charge in [0.1, 0.15) is 0 Å². The van der Waals surface area contributed by atoms with Gasteiger partial charge in [0.25, 0.3) is 15.9 Å². The van der Waals surface area contributed by atoms with Gasteiger partial charge in [-0.1, -0.05) is 24.3 Å². The molecule has 2 aromatic rings. The predicted octanol–water partition coefficient (Wildman–Crippen LogP) is 2.50. The number of nitrogens with one attached hydrogen (secondary N) is 1. The molecule has 0 saturated carbocycles. The SMILES string of the molecule is CN(c1ccccc1)S(=O)(=O)c1cccc(C(=O)NCCCCC(=O)O)c1. The smallest absolute Gasteiger partial charge is 0.303 e. The number of carboxylic acids is 1. The predicted molar refractivity (Wildman–Crippen MR) is 102 cm³/mol.